The van der Waals surface area contributed by atoms with E-state index in [1.165, 1.54) is 12.1 Å². The summed E-state index contributed by atoms with van der Waals surface area (Å²) in [4.78, 5) is -0.111. The van der Waals surface area contributed by atoms with Gasteiger partial charge < -0.3 is 5.21 Å². The molecule has 1 aromatic heterocycles. The van der Waals surface area contributed by atoms with Crippen molar-refractivity contribution in [1.29, 1.82) is 0 Å². The van der Waals surface area contributed by atoms with Gasteiger partial charge in [0, 0.05) is 5.16 Å². The predicted molar refractivity (Wildman–Crippen MR) is 47.4 cm³/mol. The molecular weight excluding hydrogens is 220 g/mol. The maximum atomic E-state index is 11.8. The molecule has 6 nitrogen and oxygen atoms in total. The molecule has 0 atom stereocenters. The zero-order valence-electron chi connectivity index (χ0n) is 7.40. The molecule has 2 aromatic rings. The van der Waals surface area contributed by atoms with Gasteiger partial charge in [0.25, 0.3) is 9.84 Å². The van der Waals surface area contributed by atoms with Crippen LogP contribution < -0.4 is 4.90 Å². The first-order chi connectivity index (χ1) is 7.12. The minimum atomic E-state index is -3.83. The maximum Gasteiger partial charge on any atom is 0.313 e. The monoisotopic (exact) mass is 226 g/mol. The first-order valence-corrected chi connectivity index (χ1v) is 5.45. The first kappa shape index (κ1) is 9.66. The standard InChI is InChI=1S/C8H6N2O4S/c11-10-8(6-9-14-10)15(12,13)7-4-2-1-3-5-7/h1-6H. The van der Waals surface area contributed by atoms with Crippen molar-refractivity contribution in [2.75, 3.05) is 0 Å². The van der Waals surface area contributed by atoms with Gasteiger partial charge in [-0.3, -0.25) is 4.63 Å². The minimum Gasteiger partial charge on any atom is -0.358 e. The van der Waals surface area contributed by atoms with E-state index in [0.29, 0.717) is 0 Å². The number of aromatic nitrogens is 2. The summed E-state index contributed by atoms with van der Waals surface area (Å²) in [7, 11) is -3.83. The van der Waals surface area contributed by atoms with Crippen molar-refractivity contribution in [3.05, 3.63) is 41.7 Å². The molecule has 1 aromatic carbocycles. The Balaban J connectivity index is 2.60. The molecule has 15 heavy (non-hydrogen) atoms. The lowest BCUT2D eigenvalue weighted by Crippen LogP contribution is -2.30. The van der Waals surface area contributed by atoms with Crippen molar-refractivity contribution in [2.45, 2.75) is 9.92 Å². The Hall–Kier alpha value is -1.89. The van der Waals surface area contributed by atoms with Crippen molar-refractivity contribution in [1.82, 2.24) is 5.16 Å². The summed E-state index contributed by atoms with van der Waals surface area (Å²) in [6.45, 7) is 0. The van der Waals surface area contributed by atoms with Crippen molar-refractivity contribution in [3.8, 4) is 0 Å². The molecule has 0 fully saturated rings. The van der Waals surface area contributed by atoms with E-state index in [9.17, 15) is 13.6 Å². The Labute approximate surface area is 85.2 Å². The number of sulfone groups is 1. The molecule has 1 heterocycles. The summed E-state index contributed by atoms with van der Waals surface area (Å²) in [6.07, 6.45) is 0.870. The van der Waals surface area contributed by atoms with Gasteiger partial charge in [-0.1, -0.05) is 18.2 Å². The Morgan fingerprint density at radius 3 is 2.47 bits per heavy atom. The normalized spacial score (nSPS) is 11.5. The molecule has 2 rings (SSSR count). The van der Waals surface area contributed by atoms with Gasteiger partial charge in [0.1, 0.15) is 0 Å². The predicted octanol–water partition coefficient (Wildman–Crippen LogP) is 0.141. The van der Waals surface area contributed by atoms with Crippen LogP contribution >= 0.6 is 0 Å². The van der Waals surface area contributed by atoms with E-state index in [2.05, 4.69) is 9.79 Å². The van der Waals surface area contributed by atoms with Gasteiger partial charge in [-0.15, -0.1) is 0 Å². The average molecular weight is 226 g/mol. The summed E-state index contributed by atoms with van der Waals surface area (Å²) in [5.41, 5.74) is 0. The van der Waals surface area contributed by atoms with Crippen LogP contribution in [0.3, 0.4) is 0 Å². The largest absolute Gasteiger partial charge is 0.358 e. The van der Waals surface area contributed by atoms with Crippen LogP contribution in [0, 0.1) is 5.21 Å². The molecule has 0 aliphatic rings. The zero-order valence-corrected chi connectivity index (χ0v) is 8.22. The van der Waals surface area contributed by atoms with Crippen molar-refractivity contribution in [3.63, 3.8) is 0 Å². The number of benzene rings is 1. The molecule has 0 aliphatic heterocycles. The summed E-state index contributed by atoms with van der Waals surface area (Å²) in [6, 6.07) is 7.59. The van der Waals surface area contributed by atoms with E-state index in [-0.39, 0.29) is 9.80 Å². The van der Waals surface area contributed by atoms with Gasteiger partial charge in [-0.2, -0.15) is 0 Å². The van der Waals surface area contributed by atoms with Crippen LogP contribution in [0.4, 0.5) is 0 Å². The SMILES string of the molecule is O=S(=O)(c1ccccc1)c1cno[n+]1[O-]. The molecule has 0 radical (unpaired) electrons. The Morgan fingerprint density at radius 1 is 1.27 bits per heavy atom. The van der Waals surface area contributed by atoms with E-state index in [0.717, 1.165) is 6.20 Å². The summed E-state index contributed by atoms with van der Waals surface area (Å²) >= 11 is 0. The lowest BCUT2D eigenvalue weighted by atomic mass is 10.4. The number of nitrogens with zero attached hydrogens (tertiary/aromatic N) is 2. The Morgan fingerprint density at radius 2 is 1.93 bits per heavy atom. The van der Waals surface area contributed by atoms with E-state index in [1.54, 1.807) is 18.2 Å². The van der Waals surface area contributed by atoms with Gasteiger partial charge >= 0.3 is 5.03 Å². The average Bonchev–Trinajstić information content (AvgIpc) is 2.66. The van der Waals surface area contributed by atoms with E-state index in [1.807, 2.05) is 0 Å². The van der Waals surface area contributed by atoms with E-state index < -0.39 is 14.9 Å². The molecule has 0 N–H and O–H groups in total. The van der Waals surface area contributed by atoms with Gasteiger partial charge in [0.15, 0.2) is 0 Å². The second kappa shape index (κ2) is 3.35. The zero-order chi connectivity index (χ0) is 10.9. The second-order valence-corrected chi connectivity index (χ2v) is 4.62. The first-order valence-electron chi connectivity index (χ1n) is 3.97. The highest BCUT2D eigenvalue weighted by molar-refractivity contribution is 7.91. The topological polar surface area (TPSA) is 87.1 Å². The smallest absolute Gasteiger partial charge is 0.313 e. The van der Waals surface area contributed by atoms with Crippen LogP contribution in [0.2, 0.25) is 0 Å². The van der Waals surface area contributed by atoms with Gasteiger partial charge in [-0.05, 0) is 17.0 Å². The maximum absolute atomic E-state index is 11.8. The molecule has 78 valence electrons. The summed E-state index contributed by atoms with van der Waals surface area (Å²) in [5, 5.41) is 13.5. The lowest BCUT2D eigenvalue weighted by Gasteiger charge is -1.98. The molecule has 0 aliphatic carbocycles. The number of rotatable bonds is 2. The quantitative estimate of drug-likeness (QED) is 0.680. The van der Waals surface area contributed by atoms with Crippen LogP contribution in [0.15, 0.2) is 51.1 Å². The molecule has 0 amide bonds. The fourth-order valence-electron chi connectivity index (χ4n) is 1.09. The number of hydrogen-bond donors (Lipinski definition) is 0. The van der Waals surface area contributed by atoms with Crippen molar-refractivity contribution < 1.29 is 17.9 Å². The van der Waals surface area contributed by atoms with Crippen LogP contribution in [0.1, 0.15) is 0 Å². The highest BCUT2D eigenvalue weighted by Crippen LogP contribution is 2.16. The Kier molecular flexibility index (Phi) is 2.16. The van der Waals surface area contributed by atoms with Crippen molar-refractivity contribution >= 4 is 9.84 Å². The fraction of sp³-hybridized carbons (Fsp3) is 0. The van der Waals surface area contributed by atoms with Gasteiger partial charge in [0.2, 0.25) is 6.20 Å². The third-order valence-corrected chi connectivity index (χ3v) is 3.49. The fourth-order valence-corrected chi connectivity index (χ4v) is 2.26. The molecule has 0 unspecified atom stereocenters. The Bertz CT molecular complexity index is 561. The molecule has 0 bridgehead atoms. The van der Waals surface area contributed by atoms with Crippen molar-refractivity contribution in [2.24, 2.45) is 0 Å². The molecule has 0 saturated heterocycles. The second-order valence-electron chi connectivity index (χ2n) is 2.73. The third-order valence-electron chi connectivity index (χ3n) is 1.79. The minimum absolute atomic E-state index is 0.0257. The van der Waals surface area contributed by atoms with E-state index >= 15 is 0 Å². The van der Waals surface area contributed by atoms with Crippen LogP contribution in [0.5, 0.6) is 0 Å². The van der Waals surface area contributed by atoms with Crippen LogP contribution in [-0.4, -0.2) is 13.6 Å². The molecule has 0 spiro atoms. The number of hydrogen-bond acceptors (Lipinski definition) is 5. The van der Waals surface area contributed by atoms with Gasteiger partial charge in [0.05, 0.1) is 4.90 Å². The third kappa shape index (κ3) is 1.57. The molecule has 7 heteroatoms. The molecule has 0 saturated carbocycles. The summed E-state index contributed by atoms with van der Waals surface area (Å²) < 4.78 is 27.7. The highest BCUT2D eigenvalue weighted by Gasteiger charge is 2.26. The molecular formula is C8H6N2O4S. The van der Waals surface area contributed by atoms with Crippen LogP contribution in [-0.2, 0) is 9.84 Å². The summed E-state index contributed by atoms with van der Waals surface area (Å²) in [5.74, 6) is 0. The lowest BCUT2D eigenvalue weighted by molar-refractivity contribution is -0.832. The van der Waals surface area contributed by atoms with Gasteiger partial charge in [-0.25, -0.2) is 8.42 Å². The van der Waals surface area contributed by atoms with Crippen LogP contribution in [0.25, 0.3) is 0 Å². The van der Waals surface area contributed by atoms with E-state index in [4.69, 9.17) is 0 Å². The highest BCUT2D eigenvalue weighted by atomic mass is 32.2.